The first-order valence-electron chi connectivity index (χ1n) is 8.83. The van der Waals surface area contributed by atoms with Crippen LogP contribution in [0.1, 0.15) is 50.4 Å². The molecule has 0 aliphatic carbocycles. The lowest BCUT2D eigenvalue weighted by molar-refractivity contribution is -0.117. The molecule has 1 unspecified atom stereocenters. The van der Waals surface area contributed by atoms with Crippen LogP contribution in [0.15, 0.2) is 18.2 Å². The Morgan fingerprint density at radius 3 is 2.65 bits per heavy atom. The number of nitrogens with one attached hydrogen (secondary N) is 3. The van der Waals surface area contributed by atoms with E-state index in [0.29, 0.717) is 35.2 Å². The molecule has 0 aromatic heterocycles. The van der Waals surface area contributed by atoms with Crippen molar-refractivity contribution in [2.45, 2.75) is 40.0 Å². The summed E-state index contributed by atoms with van der Waals surface area (Å²) in [5.74, 6) is 0.344. The molecular formula is C19H29Cl2N3O2. The maximum atomic E-state index is 12.4. The molecule has 0 spiro atoms. The fourth-order valence-electron chi connectivity index (χ4n) is 2.91. The zero-order valence-corrected chi connectivity index (χ0v) is 17.2. The lowest BCUT2D eigenvalue weighted by Crippen LogP contribution is -2.27. The fraction of sp³-hybridized carbons (Fsp3) is 0.579. The second-order valence-electron chi connectivity index (χ2n) is 7.88. The molecule has 1 saturated heterocycles. The minimum absolute atomic E-state index is 0. The number of amides is 2. The SMILES string of the molecule is CC(C)(C)CC(=O)Nc1ccc(Cl)c(C(=O)NCCC2CCNC2)c1.Cl. The van der Waals surface area contributed by atoms with Gasteiger partial charge in [-0.05, 0) is 55.5 Å². The molecule has 1 aromatic rings. The Kier molecular flexibility index (Phi) is 8.87. The average molecular weight is 402 g/mol. The predicted octanol–water partition coefficient (Wildman–Crippen LogP) is 3.87. The summed E-state index contributed by atoms with van der Waals surface area (Å²) in [6.45, 7) is 8.72. The van der Waals surface area contributed by atoms with Crippen LogP contribution in [-0.2, 0) is 4.79 Å². The topological polar surface area (TPSA) is 70.2 Å². The zero-order valence-electron chi connectivity index (χ0n) is 15.7. The third kappa shape index (κ3) is 7.52. The number of rotatable bonds is 6. The van der Waals surface area contributed by atoms with Gasteiger partial charge in [0.1, 0.15) is 0 Å². The molecule has 0 bridgehead atoms. The van der Waals surface area contributed by atoms with Gasteiger partial charge < -0.3 is 16.0 Å². The van der Waals surface area contributed by atoms with Crippen LogP contribution < -0.4 is 16.0 Å². The van der Waals surface area contributed by atoms with E-state index in [1.807, 2.05) is 20.8 Å². The summed E-state index contributed by atoms with van der Waals surface area (Å²) in [4.78, 5) is 24.4. The molecule has 1 aliphatic heterocycles. The van der Waals surface area contributed by atoms with Crippen LogP contribution >= 0.6 is 24.0 Å². The number of hydrogen-bond donors (Lipinski definition) is 3. The van der Waals surface area contributed by atoms with Gasteiger partial charge in [0.25, 0.3) is 5.91 Å². The monoisotopic (exact) mass is 401 g/mol. The first-order valence-corrected chi connectivity index (χ1v) is 9.21. The Balaban J connectivity index is 0.00000338. The predicted molar refractivity (Wildman–Crippen MR) is 109 cm³/mol. The maximum Gasteiger partial charge on any atom is 0.252 e. The third-order valence-corrected chi connectivity index (χ3v) is 4.52. The van der Waals surface area contributed by atoms with Crippen LogP contribution in [0, 0.1) is 11.3 Å². The molecule has 3 N–H and O–H groups in total. The number of anilines is 1. The van der Waals surface area contributed by atoms with Gasteiger partial charge in [0.05, 0.1) is 10.6 Å². The molecular weight excluding hydrogens is 373 g/mol. The van der Waals surface area contributed by atoms with E-state index < -0.39 is 0 Å². The fourth-order valence-corrected chi connectivity index (χ4v) is 3.11. The molecule has 1 fully saturated rings. The van der Waals surface area contributed by atoms with E-state index in [9.17, 15) is 9.59 Å². The van der Waals surface area contributed by atoms with Crippen LogP contribution in [0.25, 0.3) is 0 Å². The van der Waals surface area contributed by atoms with Crippen LogP contribution in [-0.4, -0.2) is 31.4 Å². The minimum Gasteiger partial charge on any atom is -0.352 e. The molecule has 26 heavy (non-hydrogen) atoms. The summed E-state index contributed by atoms with van der Waals surface area (Å²) in [6.07, 6.45) is 2.52. The van der Waals surface area contributed by atoms with Crippen molar-refractivity contribution < 1.29 is 9.59 Å². The Bertz CT molecular complexity index is 624. The summed E-state index contributed by atoms with van der Waals surface area (Å²) in [5.41, 5.74) is 0.884. The van der Waals surface area contributed by atoms with Crippen molar-refractivity contribution in [3.8, 4) is 0 Å². The van der Waals surface area contributed by atoms with E-state index in [1.165, 1.54) is 0 Å². The molecule has 1 atom stereocenters. The van der Waals surface area contributed by atoms with Gasteiger partial charge in [-0.2, -0.15) is 0 Å². The summed E-state index contributed by atoms with van der Waals surface area (Å²) in [5, 5.41) is 9.46. The van der Waals surface area contributed by atoms with Crippen molar-refractivity contribution >= 4 is 41.5 Å². The molecule has 7 heteroatoms. The van der Waals surface area contributed by atoms with Gasteiger partial charge in [-0.3, -0.25) is 9.59 Å². The first kappa shape index (κ1) is 22.7. The van der Waals surface area contributed by atoms with E-state index in [2.05, 4.69) is 16.0 Å². The van der Waals surface area contributed by atoms with E-state index in [-0.39, 0.29) is 29.6 Å². The van der Waals surface area contributed by atoms with E-state index in [0.717, 1.165) is 25.9 Å². The summed E-state index contributed by atoms with van der Waals surface area (Å²) >= 11 is 6.16. The molecule has 1 aromatic carbocycles. The minimum atomic E-state index is -0.206. The van der Waals surface area contributed by atoms with Crippen molar-refractivity contribution in [3.05, 3.63) is 28.8 Å². The average Bonchev–Trinajstić information content (AvgIpc) is 3.00. The van der Waals surface area contributed by atoms with Crippen LogP contribution in [0.4, 0.5) is 5.69 Å². The normalized spacial score (nSPS) is 16.7. The lowest BCUT2D eigenvalue weighted by Gasteiger charge is -2.17. The molecule has 146 valence electrons. The Morgan fingerprint density at radius 2 is 2.04 bits per heavy atom. The van der Waals surface area contributed by atoms with Gasteiger partial charge in [0.15, 0.2) is 0 Å². The van der Waals surface area contributed by atoms with E-state index in [1.54, 1.807) is 18.2 Å². The third-order valence-electron chi connectivity index (χ3n) is 4.19. The van der Waals surface area contributed by atoms with E-state index in [4.69, 9.17) is 11.6 Å². The molecule has 1 aliphatic rings. The van der Waals surface area contributed by atoms with E-state index >= 15 is 0 Å². The van der Waals surface area contributed by atoms with Crippen LogP contribution in [0.5, 0.6) is 0 Å². The highest BCUT2D eigenvalue weighted by Crippen LogP contribution is 2.23. The van der Waals surface area contributed by atoms with Crippen LogP contribution in [0.2, 0.25) is 5.02 Å². The number of carbonyl (C=O) groups is 2. The van der Waals surface area contributed by atoms with Crippen molar-refractivity contribution in [2.75, 3.05) is 25.0 Å². The number of carbonyl (C=O) groups excluding carboxylic acids is 2. The Hall–Kier alpha value is -1.30. The quantitative estimate of drug-likeness (QED) is 0.677. The van der Waals surface area contributed by atoms with Gasteiger partial charge in [0.2, 0.25) is 5.91 Å². The molecule has 2 rings (SSSR count). The Morgan fingerprint density at radius 1 is 1.31 bits per heavy atom. The van der Waals surface area contributed by atoms with Gasteiger partial charge in [-0.1, -0.05) is 32.4 Å². The lowest BCUT2D eigenvalue weighted by atomic mass is 9.92. The summed E-state index contributed by atoms with van der Waals surface area (Å²) in [7, 11) is 0. The van der Waals surface area contributed by atoms with Crippen molar-refractivity contribution in [1.29, 1.82) is 0 Å². The van der Waals surface area contributed by atoms with Crippen molar-refractivity contribution in [2.24, 2.45) is 11.3 Å². The number of halogens is 2. The molecule has 0 radical (unpaired) electrons. The molecule has 2 amide bonds. The van der Waals surface area contributed by atoms with Crippen LogP contribution in [0.3, 0.4) is 0 Å². The van der Waals surface area contributed by atoms with Gasteiger partial charge in [-0.25, -0.2) is 0 Å². The smallest absolute Gasteiger partial charge is 0.252 e. The summed E-state index contributed by atoms with van der Waals surface area (Å²) < 4.78 is 0. The largest absolute Gasteiger partial charge is 0.352 e. The Labute approximate surface area is 167 Å². The maximum absolute atomic E-state index is 12.4. The number of benzene rings is 1. The standard InChI is InChI=1S/C19H28ClN3O2.ClH/c1-19(2,3)11-17(24)23-14-4-5-16(20)15(10-14)18(25)22-9-7-13-6-8-21-12-13;/h4-5,10,13,21H,6-9,11-12H2,1-3H3,(H,22,25)(H,23,24);1H. The highest BCUT2D eigenvalue weighted by atomic mass is 35.5. The second kappa shape index (κ2) is 10.1. The molecule has 0 saturated carbocycles. The molecule has 1 heterocycles. The summed E-state index contributed by atoms with van der Waals surface area (Å²) in [6, 6.07) is 4.99. The molecule has 5 nitrogen and oxygen atoms in total. The van der Waals surface area contributed by atoms with Gasteiger partial charge >= 0.3 is 0 Å². The second-order valence-corrected chi connectivity index (χ2v) is 8.29. The highest BCUT2D eigenvalue weighted by Gasteiger charge is 2.18. The van der Waals surface area contributed by atoms with Crippen molar-refractivity contribution in [1.82, 2.24) is 10.6 Å². The highest BCUT2D eigenvalue weighted by molar-refractivity contribution is 6.34. The van der Waals surface area contributed by atoms with Gasteiger partial charge in [-0.15, -0.1) is 12.4 Å². The van der Waals surface area contributed by atoms with Gasteiger partial charge in [0, 0.05) is 18.7 Å². The zero-order chi connectivity index (χ0) is 18.4. The van der Waals surface area contributed by atoms with Crippen molar-refractivity contribution in [3.63, 3.8) is 0 Å². The number of hydrogen-bond acceptors (Lipinski definition) is 3. The first-order chi connectivity index (χ1) is 11.7.